The first-order valence-corrected chi connectivity index (χ1v) is 10.5. The van der Waals surface area contributed by atoms with Crippen LogP contribution in [0.3, 0.4) is 0 Å². The molecule has 0 amide bonds. The van der Waals surface area contributed by atoms with Gasteiger partial charge in [-0.3, -0.25) is 4.79 Å². The molecule has 1 fully saturated rings. The summed E-state index contributed by atoms with van der Waals surface area (Å²) in [5.41, 5.74) is 0.997. The number of hydrogen-bond donors (Lipinski definition) is 1. The Kier molecular flexibility index (Phi) is 13.3. The van der Waals surface area contributed by atoms with Gasteiger partial charge in [-0.15, -0.1) is 23.2 Å². The summed E-state index contributed by atoms with van der Waals surface area (Å²) in [7, 11) is 0. The van der Waals surface area contributed by atoms with Crippen molar-refractivity contribution in [1.29, 1.82) is 0 Å². The van der Waals surface area contributed by atoms with Crippen LogP contribution in [0.15, 0.2) is 54.6 Å². The van der Waals surface area contributed by atoms with Gasteiger partial charge in [-0.2, -0.15) is 0 Å². The fourth-order valence-electron chi connectivity index (χ4n) is 2.45. The third kappa shape index (κ3) is 10.2. The largest absolute Gasteiger partial charge is 0.507 e. The van der Waals surface area contributed by atoms with Crippen LogP contribution in [0.25, 0.3) is 5.76 Å². The van der Waals surface area contributed by atoms with Crippen molar-refractivity contribution >= 4 is 57.9 Å². The van der Waals surface area contributed by atoms with Gasteiger partial charge in [0.05, 0.1) is 10.8 Å². The second-order valence-electron chi connectivity index (χ2n) is 6.29. The van der Waals surface area contributed by atoms with E-state index in [1.54, 1.807) is 48.5 Å². The summed E-state index contributed by atoms with van der Waals surface area (Å²) < 4.78 is 0. The van der Waals surface area contributed by atoms with Gasteiger partial charge >= 0.3 is 0 Å². The zero-order chi connectivity index (χ0) is 21.2. The summed E-state index contributed by atoms with van der Waals surface area (Å²) in [4.78, 5) is 11.9. The SMILES string of the molecule is Cl[C]1[CH]CC[CH][C](Cl)CC1.O=C(/C=C(\O)c1ccc(Cl)cc1)c1ccc(Cl)cc1.[Rh]. The van der Waals surface area contributed by atoms with Crippen LogP contribution >= 0.6 is 46.4 Å². The molecule has 2 nitrogen and oxygen atoms in total. The number of allylic oxidation sites excluding steroid dienone is 1. The molecule has 2 aromatic rings. The predicted molar refractivity (Wildman–Crippen MR) is 123 cm³/mol. The Morgan fingerprint density at radius 3 is 1.57 bits per heavy atom. The van der Waals surface area contributed by atoms with E-state index in [1.165, 1.54) is 6.08 Å². The van der Waals surface area contributed by atoms with Crippen LogP contribution in [-0.4, -0.2) is 10.9 Å². The molecule has 1 aliphatic carbocycles. The maximum atomic E-state index is 11.9. The van der Waals surface area contributed by atoms with E-state index in [-0.39, 0.29) is 31.0 Å². The smallest absolute Gasteiger partial charge is 0.189 e. The van der Waals surface area contributed by atoms with Crippen LogP contribution in [-0.2, 0) is 19.5 Å². The molecule has 0 bridgehead atoms. The molecule has 0 aromatic heterocycles. The average Bonchev–Trinajstić information content (AvgIpc) is 2.70. The Balaban J connectivity index is 0.000000348. The van der Waals surface area contributed by atoms with E-state index in [9.17, 15) is 9.90 Å². The number of benzene rings is 2. The Bertz CT molecular complexity index is 795. The summed E-state index contributed by atoms with van der Waals surface area (Å²) >= 11 is 23.2. The first-order valence-electron chi connectivity index (χ1n) is 9.00. The van der Waals surface area contributed by atoms with Gasteiger partial charge in [-0.1, -0.05) is 23.2 Å². The third-order valence-corrected chi connectivity index (χ3v) is 5.23. The molecule has 0 saturated heterocycles. The summed E-state index contributed by atoms with van der Waals surface area (Å²) in [6.07, 6.45) is 9.16. The van der Waals surface area contributed by atoms with Crippen LogP contribution in [0.1, 0.15) is 41.6 Å². The molecular formula is C23H20Cl4O2Rh. The number of carbonyl (C=O) groups excluding carboxylic acids is 1. The van der Waals surface area contributed by atoms with Gasteiger partial charge in [0.1, 0.15) is 5.76 Å². The molecule has 161 valence electrons. The molecule has 2 aromatic carbocycles. The fourth-order valence-corrected chi connectivity index (χ4v) is 3.11. The van der Waals surface area contributed by atoms with Crippen LogP contribution in [0, 0.1) is 23.6 Å². The zero-order valence-corrected chi connectivity index (χ0v) is 20.5. The normalized spacial score (nSPS) is 15.8. The molecule has 0 atom stereocenters. The van der Waals surface area contributed by atoms with Gasteiger partial charge in [0.15, 0.2) is 5.78 Å². The first kappa shape index (κ1) is 27.5. The average molecular weight is 573 g/mol. The summed E-state index contributed by atoms with van der Waals surface area (Å²) in [5, 5.41) is 12.9. The standard InChI is InChI=1S/C15H10Cl2O2.C8H10Cl2.Rh/c16-12-5-1-10(2-6-12)14(18)9-15(19)11-3-7-13(17)8-4-11;9-7-3-1-2-4-8(10)6-5-7;/h1-9,18H;3-4H,1-2,5-6H2;/b14-9-;;. The first-order chi connectivity index (χ1) is 13.8. The number of aliphatic hydroxyl groups excluding tert-OH is 1. The second kappa shape index (κ2) is 14.5. The minimum atomic E-state index is -0.288. The van der Waals surface area contributed by atoms with E-state index in [0.717, 1.165) is 36.4 Å². The molecule has 0 heterocycles. The second-order valence-corrected chi connectivity index (χ2v) is 8.13. The van der Waals surface area contributed by atoms with Crippen LogP contribution in [0.2, 0.25) is 10.0 Å². The molecule has 0 unspecified atom stereocenters. The van der Waals surface area contributed by atoms with Crippen molar-refractivity contribution < 1.29 is 29.4 Å². The molecule has 0 aliphatic heterocycles. The predicted octanol–water partition coefficient (Wildman–Crippen LogP) is 8.28. The van der Waals surface area contributed by atoms with E-state index in [1.807, 2.05) is 0 Å². The molecule has 1 aliphatic rings. The molecule has 30 heavy (non-hydrogen) atoms. The minimum absolute atomic E-state index is 0. The molecule has 7 heteroatoms. The van der Waals surface area contributed by atoms with Crippen molar-refractivity contribution in [2.24, 2.45) is 0 Å². The Labute approximate surface area is 211 Å². The summed E-state index contributed by atoms with van der Waals surface area (Å²) in [6.45, 7) is 0. The number of aliphatic hydroxyl groups is 1. The van der Waals surface area contributed by atoms with E-state index >= 15 is 0 Å². The van der Waals surface area contributed by atoms with Crippen molar-refractivity contribution in [2.45, 2.75) is 25.7 Å². The number of halogens is 4. The number of hydrogen-bond acceptors (Lipinski definition) is 2. The fraction of sp³-hybridized carbons (Fsp3) is 0.174. The van der Waals surface area contributed by atoms with Crippen LogP contribution in [0.4, 0.5) is 0 Å². The molecule has 1 N–H and O–H groups in total. The molecule has 1 saturated carbocycles. The topological polar surface area (TPSA) is 37.3 Å². The van der Waals surface area contributed by atoms with Crippen molar-refractivity contribution in [2.75, 3.05) is 0 Å². The van der Waals surface area contributed by atoms with Crippen molar-refractivity contribution in [1.82, 2.24) is 0 Å². The number of ketones is 1. The Hall–Kier alpha value is -0.567. The van der Waals surface area contributed by atoms with Gasteiger partial charge in [0.2, 0.25) is 0 Å². The maximum Gasteiger partial charge on any atom is 0.189 e. The quantitative estimate of drug-likeness (QED) is 0.174. The van der Waals surface area contributed by atoms with Gasteiger partial charge in [-0.05, 0) is 87.1 Å². The van der Waals surface area contributed by atoms with E-state index in [4.69, 9.17) is 46.4 Å². The van der Waals surface area contributed by atoms with Gasteiger partial charge < -0.3 is 5.11 Å². The van der Waals surface area contributed by atoms with E-state index in [0.29, 0.717) is 21.2 Å². The minimum Gasteiger partial charge on any atom is -0.507 e. The van der Waals surface area contributed by atoms with Gasteiger partial charge in [0, 0.05) is 46.7 Å². The zero-order valence-electron chi connectivity index (χ0n) is 15.9. The summed E-state index contributed by atoms with van der Waals surface area (Å²) in [5.74, 6) is -0.388. The van der Waals surface area contributed by atoms with E-state index in [2.05, 4.69) is 12.8 Å². The van der Waals surface area contributed by atoms with Crippen molar-refractivity contribution in [3.63, 3.8) is 0 Å². The Morgan fingerprint density at radius 1 is 0.733 bits per heavy atom. The van der Waals surface area contributed by atoms with Crippen LogP contribution in [0.5, 0.6) is 0 Å². The molecule has 3 rings (SSSR count). The van der Waals surface area contributed by atoms with Crippen molar-refractivity contribution in [3.05, 3.63) is 99.4 Å². The third-order valence-electron chi connectivity index (χ3n) is 4.04. The number of rotatable bonds is 3. The molecular weight excluding hydrogens is 553 g/mol. The van der Waals surface area contributed by atoms with Crippen LogP contribution < -0.4 is 0 Å². The molecule has 5 radical (unpaired) electrons. The molecule has 0 spiro atoms. The number of carbonyl (C=O) groups is 1. The van der Waals surface area contributed by atoms with Gasteiger partial charge in [0.25, 0.3) is 0 Å². The van der Waals surface area contributed by atoms with E-state index < -0.39 is 0 Å². The Morgan fingerprint density at radius 2 is 1.13 bits per heavy atom. The maximum absolute atomic E-state index is 11.9. The van der Waals surface area contributed by atoms with Gasteiger partial charge in [-0.25, -0.2) is 0 Å². The monoisotopic (exact) mass is 571 g/mol. The van der Waals surface area contributed by atoms with Crippen molar-refractivity contribution in [3.8, 4) is 0 Å². The summed E-state index contributed by atoms with van der Waals surface area (Å²) in [6, 6.07) is 13.0.